The van der Waals surface area contributed by atoms with E-state index in [0.29, 0.717) is 67.5 Å². The molecule has 400 valence electrons. The molecule has 28 heteroatoms. The van der Waals surface area contributed by atoms with Crippen LogP contribution in [0.2, 0.25) is 5.02 Å². The second kappa shape index (κ2) is 22.8. The van der Waals surface area contributed by atoms with Crippen LogP contribution in [0.4, 0.5) is 5.82 Å². The highest BCUT2D eigenvalue weighted by atomic mass is 127. The van der Waals surface area contributed by atoms with E-state index in [4.69, 9.17) is 36.8 Å². The van der Waals surface area contributed by atoms with Gasteiger partial charge in [0.2, 0.25) is 18.6 Å². The Morgan fingerprint density at radius 1 is 1.00 bits per heavy atom. The summed E-state index contributed by atoms with van der Waals surface area (Å²) in [6.07, 6.45) is 3.33. The standard InChI is InChI=1S/C50H46ClIN16O7S3/c1-27-28(2)76-49-42(27)43(30-7-11-32(51)12-8-30)59-36(46-63-61-29(3)68(46)49)21-40(69)56-23-33-24-65(64-62-33)17-4-6-41(70)67(19-15-53)78(72,73)34-13-9-31(10-14-34)48(71)55-16-5-18-66-47-44(45(54)57-25-58-47)60-50(66)77-39-22-38-37(20-35(39)52)74-26-75-38/h7-14,20,22,24-25,36H,4-6,16-19,21,23,26H2,1-3H3,(H,55,71)(H,56,69)(H2,54,57,58)/t36-/m1/s1. The number of rotatable bonds is 19. The maximum atomic E-state index is 13.8. The van der Waals surface area contributed by atoms with Crippen molar-refractivity contribution in [2.24, 2.45) is 4.99 Å². The van der Waals surface area contributed by atoms with Gasteiger partial charge in [0.05, 0.1) is 35.8 Å². The smallest absolute Gasteiger partial charge is 0.267 e. The topological polar surface area (TPSA) is 298 Å². The fraction of sp³-hybridized carbons (Fsp3) is 0.280. The van der Waals surface area contributed by atoms with Crippen LogP contribution in [0.15, 0.2) is 93.1 Å². The molecule has 0 saturated heterocycles. The minimum atomic E-state index is -4.48. The van der Waals surface area contributed by atoms with Crippen molar-refractivity contribution in [1.82, 2.24) is 64.2 Å². The van der Waals surface area contributed by atoms with E-state index >= 15 is 0 Å². The number of nitrogens with two attached hydrogens (primary N) is 1. The number of nitriles is 1. The molecule has 0 radical (unpaired) electrons. The van der Waals surface area contributed by atoms with Crippen LogP contribution in [0.5, 0.6) is 11.5 Å². The lowest BCUT2D eigenvalue weighted by Crippen LogP contribution is -2.37. The maximum Gasteiger partial charge on any atom is 0.267 e. The van der Waals surface area contributed by atoms with Crippen LogP contribution in [0.3, 0.4) is 0 Å². The van der Waals surface area contributed by atoms with Crippen LogP contribution in [-0.4, -0.2) is 105 Å². The average Bonchev–Trinajstić information content (AvgIpc) is 4.27. The molecule has 23 nitrogen and oxygen atoms in total. The molecule has 0 spiro atoms. The molecule has 3 aromatic carbocycles. The van der Waals surface area contributed by atoms with E-state index in [9.17, 15) is 28.1 Å². The summed E-state index contributed by atoms with van der Waals surface area (Å²) >= 11 is 11.5. The van der Waals surface area contributed by atoms with Gasteiger partial charge in [-0.05, 0) is 110 Å². The number of amides is 3. The van der Waals surface area contributed by atoms with Crippen LogP contribution < -0.4 is 25.8 Å². The number of nitrogen functional groups attached to an aromatic ring is 1. The first-order valence-electron chi connectivity index (χ1n) is 24.1. The summed E-state index contributed by atoms with van der Waals surface area (Å²) in [4.78, 5) is 60.4. The molecule has 8 aromatic rings. The number of fused-ring (bicyclic) bond motifs is 5. The highest BCUT2D eigenvalue weighted by Crippen LogP contribution is 2.43. The largest absolute Gasteiger partial charge is 0.454 e. The van der Waals surface area contributed by atoms with Crippen LogP contribution in [0, 0.1) is 35.7 Å². The molecule has 1 atom stereocenters. The van der Waals surface area contributed by atoms with Crippen LogP contribution in [-0.2, 0) is 39.2 Å². The molecule has 5 aromatic heterocycles. The molecule has 0 fully saturated rings. The molecule has 2 aliphatic rings. The summed E-state index contributed by atoms with van der Waals surface area (Å²) in [6, 6.07) is 17.4. The van der Waals surface area contributed by atoms with Gasteiger partial charge in [0.25, 0.3) is 15.9 Å². The fourth-order valence-corrected chi connectivity index (χ4v) is 13.1. The van der Waals surface area contributed by atoms with E-state index in [1.807, 2.05) is 40.3 Å². The Balaban J connectivity index is 0.712. The third kappa shape index (κ3) is 11.1. The number of aryl methyl sites for hydroxylation is 4. The van der Waals surface area contributed by atoms with E-state index in [1.54, 1.807) is 35.7 Å². The predicted molar refractivity (Wildman–Crippen MR) is 296 cm³/mol. The van der Waals surface area contributed by atoms with Crippen LogP contribution in [0.25, 0.3) is 16.2 Å². The number of carbonyl (C=O) groups excluding carboxylic acids is 3. The number of halogens is 2. The molecule has 2 aliphatic heterocycles. The number of anilines is 1. The lowest BCUT2D eigenvalue weighted by atomic mass is 9.99. The van der Waals surface area contributed by atoms with E-state index in [1.165, 1.54) is 47.0 Å². The van der Waals surface area contributed by atoms with E-state index in [0.717, 1.165) is 40.7 Å². The van der Waals surface area contributed by atoms with Gasteiger partial charge < -0.3 is 30.4 Å². The lowest BCUT2D eigenvalue weighted by molar-refractivity contribution is -0.126. The van der Waals surface area contributed by atoms with Gasteiger partial charge in [0, 0.05) is 61.1 Å². The zero-order valence-electron chi connectivity index (χ0n) is 41.8. The molecule has 4 N–H and O–H groups in total. The van der Waals surface area contributed by atoms with Gasteiger partial charge in [-0.2, -0.15) is 5.26 Å². The summed E-state index contributed by atoms with van der Waals surface area (Å²) in [5, 5.41) is 34.6. The third-order valence-corrected chi connectivity index (χ3v) is 18.3. The van der Waals surface area contributed by atoms with Crippen LogP contribution in [0.1, 0.15) is 81.0 Å². The Hall–Kier alpha value is -7.52. The van der Waals surface area contributed by atoms with Gasteiger partial charge in [0.15, 0.2) is 39.5 Å². The van der Waals surface area contributed by atoms with Gasteiger partial charge in [-0.15, -0.1) is 26.6 Å². The number of thiophene rings is 1. The van der Waals surface area contributed by atoms with Crippen molar-refractivity contribution in [2.45, 2.75) is 87.1 Å². The molecule has 0 aliphatic carbocycles. The summed E-state index contributed by atoms with van der Waals surface area (Å²) in [7, 11) is -4.48. The lowest BCUT2D eigenvalue weighted by Gasteiger charge is -2.20. The number of hydrogen-bond donors (Lipinski definition) is 3. The summed E-state index contributed by atoms with van der Waals surface area (Å²) in [5.74, 6) is 1.18. The molecule has 3 amide bonds. The van der Waals surface area contributed by atoms with Crippen molar-refractivity contribution < 1.29 is 32.3 Å². The molecule has 0 saturated carbocycles. The Morgan fingerprint density at radius 2 is 1.77 bits per heavy atom. The Kier molecular flexibility index (Phi) is 15.8. The Bertz CT molecular complexity index is 3840. The van der Waals surface area contributed by atoms with E-state index < -0.39 is 34.4 Å². The van der Waals surface area contributed by atoms with Gasteiger partial charge in [0.1, 0.15) is 35.4 Å². The number of hydrogen-bond acceptors (Lipinski definition) is 19. The normalized spacial score (nSPS) is 13.6. The van der Waals surface area contributed by atoms with Crippen molar-refractivity contribution in [3.8, 4) is 22.6 Å². The zero-order valence-corrected chi connectivity index (χ0v) is 47.2. The first-order chi connectivity index (χ1) is 37.6. The minimum absolute atomic E-state index is 0.0351. The summed E-state index contributed by atoms with van der Waals surface area (Å²) in [5.41, 5.74) is 11.4. The van der Waals surface area contributed by atoms with Gasteiger partial charge in [-0.1, -0.05) is 40.7 Å². The fourth-order valence-electron chi connectivity index (χ4n) is 8.72. The first-order valence-corrected chi connectivity index (χ1v) is 28.7. The molecular weight excluding hydrogens is 1200 g/mol. The molecule has 0 unspecified atom stereocenters. The predicted octanol–water partition coefficient (Wildman–Crippen LogP) is 6.65. The van der Waals surface area contributed by atoms with E-state index in [-0.39, 0.29) is 67.9 Å². The number of aliphatic imine (C=N–C) groups is 1. The maximum absolute atomic E-state index is 13.8. The molecule has 0 bridgehead atoms. The Morgan fingerprint density at radius 3 is 2.54 bits per heavy atom. The van der Waals surface area contributed by atoms with Crippen molar-refractivity contribution in [1.29, 1.82) is 5.26 Å². The van der Waals surface area contributed by atoms with Gasteiger partial charge in [-0.25, -0.2) is 27.7 Å². The van der Waals surface area contributed by atoms with Gasteiger partial charge >= 0.3 is 0 Å². The first kappa shape index (κ1) is 53.9. The molecular formula is C50H46ClIN16O7S3. The minimum Gasteiger partial charge on any atom is -0.454 e. The number of aromatic nitrogens is 10. The molecule has 10 rings (SSSR count). The third-order valence-electron chi connectivity index (χ3n) is 12.8. The van der Waals surface area contributed by atoms with E-state index in [2.05, 4.69) is 77.5 Å². The number of imidazole rings is 1. The number of sulfonamides is 1. The SMILES string of the molecule is Cc1sc2c(c1C)C(c1ccc(Cl)cc1)=N[C@H](CC(=O)NCc1cn(CCCC(=O)N(CC#N)S(=O)(=O)c3ccc(C(=O)NCCCn4c(Sc5cc6c(cc5I)OCO6)nc5c(N)ncnc54)cc3)nn1)c1nnc(C)n1-2. The van der Waals surface area contributed by atoms with Crippen molar-refractivity contribution >= 4 is 108 Å². The molecule has 78 heavy (non-hydrogen) atoms. The van der Waals surface area contributed by atoms with Gasteiger partial charge in [-0.3, -0.25) is 28.6 Å². The molecule has 7 heterocycles. The number of nitrogens with one attached hydrogen (secondary N) is 2. The van der Waals surface area contributed by atoms with Crippen molar-refractivity contribution in [3.05, 3.63) is 126 Å². The zero-order chi connectivity index (χ0) is 54.8. The number of nitrogens with zero attached hydrogens (tertiary/aromatic N) is 13. The van der Waals surface area contributed by atoms with Crippen LogP contribution >= 0.6 is 57.3 Å². The summed E-state index contributed by atoms with van der Waals surface area (Å²) < 4.78 is 45.4. The Labute approximate surface area is 472 Å². The highest BCUT2D eigenvalue weighted by molar-refractivity contribution is 14.1. The second-order valence-corrected chi connectivity index (χ2v) is 23.5. The monoisotopic (exact) mass is 1240 g/mol. The summed E-state index contributed by atoms with van der Waals surface area (Å²) in [6.45, 7) is 6.28. The van der Waals surface area contributed by atoms with Crippen molar-refractivity contribution in [3.63, 3.8) is 0 Å². The highest BCUT2D eigenvalue weighted by Gasteiger charge is 2.33. The second-order valence-electron chi connectivity index (χ2n) is 17.9. The van der Waals surface area contributed by atoms with Crippen molar-refractivity contribution in [2.75, 3.05) is 25.6 Å². The average molecular weight is 1240 g/mol. The quantitative estimate of drug-likeness (QED) is 0.0434. The number of ether oxygens (including phenoxy) is 2. The number of carbonyl (C=O) groups is 3. The number of benzene rings is 3.